The van der Waals surface area contributed by atoms with Crippen molar-refractivity contribution in [1.29, 1.82) is 0 Å². The van der Waals surface area contributed by atoms with Gasteiger partial charge in [-0.05, 0) is 45.3 Å². The SMILES string of the molecule is C=S(=C)(C)c1ccc(Br)c(F)c1. The van der Waals surface area contributed by atoms with Gasteiger partial charge in [-0.25, -0.2) is 4.39 Å². The van der Waals surface area contributed by atoms with E-state index in [1.807, 2.05) is 12.3 Å². The molecule has 0 nitrogen and oxygen atoms in total. The second-order valence-corrected chi connectivity index (χ2v) is 6.72. The molecule has 1 rings (SSSR count). The second kappa shape index (κ2) is 3.23. The van der Waals surface area contributed by atoms with Gasteiger partial charge in [-0.1, -0.05) is 11.7 Å². The van der Waals surface area contributed by atoms with Crippen LogP contribution < -0.4 is 0 Å². The van der Waals surface area contributed by atoms with Gasteiger partial charge in [0.1, 0.15) is 5.82 Å². The molecule has 0 bridgehead atoms. The van der Waals surface area contributed by atoms with Gasteiger partial charge in [0.15, 0.2) is 0 Å². The molecule has 0 amide bonds. The number of halogens is 2. The van der Waals surface area contributed by atoms with Crippen LogP contribution in [0, 0.1) is 5.82 Å². The van der Waals surface area contributed by atoms with E-state index in [9.17, 15) is 4.39 Å². The molecule has 0 spiro atoms. The summed E-state index contributed by atoms with van der Waals surface area (Å²) in [5, 5.41) is 0. The smallest absolute Gasteiger partial charge is 0.138 e. The van der Waals surface area contributed by atoms with Gasteiger partial charge in [-0.3, -0.25) is 0 Å². The number of hydrogen-bond donors (Lipinski definition) is 0. The minimum Gasteiger partial charge on any atom is -0.206 e. The molecule has 0 aromatic heterocycles. The van der Waals surface area contributed by atoms with Crippen LogP contribution in [0.4, 0.5) is 4.39 Å². The Balaban J connectivity index is 3.33. The van der Waals surface area contributed by atoms with Gasteiger partial charge >= 0.3 is 0 Å². The standard InChI is InChI=1S/C9H10BrFS/c1-12(2,3)7-4-5-8(10)9(11)6-7/h4-6H,1-2H2,3H3. The minimum atomic E-state index is -1.30. The number of hydrogen-bond acceptors (Lipinski definition) is 0. The Hall–Kier alpha value is -0.280. The van der Waals surface area contributed by atoms with Crippen molar-refractivity contribution in [2.75, 3.05) is 6.26 Å². The molecule has 0 unspecified atom stereocenters. The average Bonchev–Trinajstić information content (AvgIpc) is 1.92. The summed E-state index contributed by atoms with van der Waals surface area (Å²) in [6.45, 7) is 0. The van der Waals surface area contributed by atoms with E-state index >= 15 is 0 Å². The van der Waals surface area contributed by atoms with Crippen molar-refractivity contribution in [3.63, 3.8) is 0 Å². The monoisotopic (exact) mass is 248 g/mol. The molecular formula is C9H10BrFS. The van der Waals surface area contributed by atoms with Crippen LogP contribution in [0.25, 0.3) is 0 Å². The highest BCUT2D eigenvalue weighted by atomic mass is 79.9. The normalized spacial score (nSPS) is 11.6. The zero-order chi connectivity index (χ0) is 9.35. The van der Waals surface area contributed by atoms with Crippen LogP contribution >= 0.6 is 25.1 Å². The Morgan fingerprint density at radius 3 is 2.42 bits per heavy atom. The summed E-state index contributed by atoms with van der Waals surface area (Å²) in [4.78, 5) is 0.878. The Bertz CT molecular complexity index is 393. The summed E-state index contributed by atoms with van der Waals surface area (Å²) in [6, 6.07) is 5.02. The lowest BCUT2D eigenvalue weighted by Crippen LogP contribution is -1.82. The van der Waals surface area contributed by atoms with E-state index in [-0.39, 0.29) is 5.82 Å². The molecule has 0 aliphatic heterocycles. The topological polar surface area (TPSA) is 0 Å². The minimum absolute atomic E-state index is 0.251. The third kappa shape index (κ3) is 2.11. The van der Waals surface area contributed by atoms with Crippen LogP contribution in [0.3, 0.4) is 0 Å². The lowest BCUT2D eigenvalue weighted by Gasteiger charge is -2.07. The van der Waals surface area contributed by atoms with Gasteiger partial charge in [0.25, 0.3) is 0 Å². The van der Waals surface area contributed by atoms with Crippen molar-refractivity contribution in [1.82, 2.24) is 0 Å². The Labute approximate surface area is 81.0 Å². The highest BCUT2D eigenvalue weighted by Crippen LogP contribution is 2.30. The van der Waals surface area contributed by atoms with Crippen LogP contribution in [0.15, 0.2) is 27.6 Å². The lowest BCUT2D eigenvalue weighted by molar-refractivity contribution is 0.617. The van der Waals surface area contributed by atoms with E-state index < -0.39 is 9.21 Å². The van der Waals surface area contributed by atoms with Gasteiger partial charge < -0.3 is 0 Å². The summed E-state index contributed by atoms with van der Waals surface area (Å²) >= 11 is 3.09. The molecule has 1 aromatic rings. The molecule has 0 N–H and O–H groups in total. The molecule has 0 saturated heterocycles. The fourth-order valence-corrected chi connectivity index (χ4v) is 1.81. The third-order valence-electron chi connectivity index (χ3n) is 1.46. The third-order valence-corrected chi connectivity index (χ3v) is 3.50. The molecule has 0 radical (unpaired) electrons. The van der Waals surface area contributed by atoms with Gasteiger partial charge in [-0.15, -0.1) is 0 Å². The van der Waals surface area contributed by atoms with Crippen molar-refractivity contribution in [2.45, 2.75) is 4.90 Å². The maximum atomic E-state index is 13.0. The Morgan fingerprint density at radius 2 is 2.00 bits per heavy atom. The molecule has 0 atom stereocenters. The molecular weight excluding hydrogens is 239 g/mol. The van der Waals surface area contributed by atoms with Crippen molar-refractivity contribution < 1.29 is 4.39 Å². The second-order valence-electron chi connectivity index (χ2n) is 2.85. The van der Waals surface area contributed by atoms with E-state index in [0.717, 1.165) is 4.90 Å². The first-order valence-electron chi connectivity index (χ1n) is 3.31. The number of rotatable bonds is 1. The first-order valence-corrected chi connectivity index (χ1v) is 6.48. The van der Waals surface area contributed by atoms with Crippen molar-refractivity contribution in [3.8, 4) is 0 Å². The lowest BCUT2D eigenvalue weighted by atomic mass is 10.3. The van der Waals surface area contributed by atoms with Gasteiger partial charge in [0.2, 0.25) is 0 Å². The van der Waals surface area contributed by atoms with Crippen LogP contribution in [-0.2, 0) is 0 Å². The van der Waals surface area contributed by atoms with E-state index in [0.29, 0.717) is 4.47 Å². The molecule has 1 aromatic carbocycles. The molecule has 3 heteroatoms. The Kier molecular flexibility index (Phi) is 2.64. The fraction of sp³-hybridized carbons (Fsp3) is 0.111. The molecule has 0 fully saturated rings. The first kappa shape index (κ1) is 9.81. The molecule has 0 aliphatic rings. The van der Waals surface area contributed by atoms with Crippen molar-refractivity contribution in [3.05, 3.63) is 28.5 Å². The van der Waals surface area contributed by atoms with Crippen molar-refractivity contribution in [2.24, 2.45) is 0 Å². The molecule has 0 aliphatic carbocycles. The maximum Gasteiger partial charge on any atom is 0.138 e. The highest BCUT2D eigenvalue weighted by Gasteiger charge is 2.01. The molecule has 0 saturated carbocycles. The molecule has 66 valence electrons. The van der Waals surface area contributed by atoms with Crippen LogP contribution in [0.2, 0.25) is 0 Å². The largest absolute Gasteiger partial charge is 0.206 e. The summed E-state index contributed by atoms with van der Waals surface area (Å²) < 4.78 is 13.5. The first-order chi connectivity index (χ1) is 5.41. The average molecular weight is 249 g/mol. The van der Waals surface area contributed by atoms with E-state index in [4.69, 9.17) is 0 Å². The predicted octanol–water partition coefficient (Wildman–Crippen LogP) is 3.25. The molecule has 12 heavy (non-hydrogen) atoms. The fourth-order valence-electron chi connectivity index (χ4n) is 0.783. The summed E-state index contributed by atoms with van der Waals surface area (Å²) in [6.07, 6.45) is 1.93. The number of benzene rings is 1. The van der Waals surface area contributed by atoms with Gasteiger partial charge in [0, 0.05) is 0 Å². The highest BCUT2D eigenvalue weighted by molar-refractivity contribution is 9.10. The summed E-state index contributed by atoms with van der Waals surface area (Å²) in [5.74, 6) is 7.55. The van der Waals surface area contributed by atoms with E-state index in [1.165, 1.54) is 6.07 Å². The summed E-state index contributed by atoms with van der Waals surface area (Å²) in [5.41, 5.74) is 0. The van der Waals surface area contributed by atoms with Gasteiger partial charge in [-0.2, -0.15) is 9.21 Å². The van der Waals surface area contributed by atoms with E-state index in [1.54, 1.807) is 6.07 Å². The zero-order valence-corrected chi connectivity index (χ0v) is 9.21. The van der Waals surface area contributed by atoms with Crippen LogP contribution in [-0.4, -0.2) is 18.0 Å². The van der Waals surface area contributed by atoms with Gasteiger partial charge in [0.05, 0.1) is 4.47 Å². The van der Waals surface area contributed by atoms with Crippen LogP contribution in [0.5, 0.6) is 0 Å². The Morgan fingerprint density at radius 1 is 1.42 bits per heavy atom. The van der Waals surface area contributed by atoms with Crippen LogP contribution in [0.1, 0.15) is 0 Å². The quantitative estimate of drug-likeness (QED) is 0.670. The van der Waals surface area contributed by atoms with E-state index in [2.05, 4.69) is 27.7 Å². The maximum absolute atomic E-state index is 13.0. The molecule has 0 heterocycles. The summed E-state index contributed by atoms with van der Waals surface area (Å²) in [7, 11) is -1.30. The zero-order valence-electron chi connectivity index (χ0n) is 6.81. The predicted molar refractivity (Wildman–Crippen MR) is 60.1 cm³/mol. The van der Waals surface area contributed by atoms with Crippen molar-refractivity contribution >= 4 is 36.9 Å².